The number of carbonyl (C=O) groups excluding carboxylic acids is 3. The minimum atomic E-state index is -4.84. The number of aromatic nitrogens is 1. The summed E-state index contributed by atoms with van der Waals surface area (Å²) in [7, 11) is 0. The van der Waals surface area contributed by atoms with E-state index in [0.717, 1.165) is 47.1 Å². The normalized spacial score (nSPS) is 16.6. The summed E-state index contributed by atoms with van der Waals surface area (Å²) >= 11 is 1.50. The van der Waals surface area contributed by atoms with Crippen LogP contribution in [0.15, 0.2) is 71.1 Å². The maximum Gasteiger partial charge on any atom is 0.573 e. The molecule has 0 aliphatic carbocycles. The number of phenols is 1. The number of hydrogen-bond acceptors (Lipinski definition) is 11. The van der Waals surface area contributed by atoms with E-state index in [9.17, 15) is 32.7 Å². The van der Waals surface area contributed by atoms with E-state index in [1.165, 1.54) is 35.8 Å². The summed E-state index contributed by atoms with van der Waals surface area (Å²) in [4.78, 5) is 45.7. The van der Waals surface area contributed by atoms with Crippen molar-refractivity contribution in [1.29, 1.82) is 0 Å². The van der Waals surface area contributed by atoms with E-state index < -0.39 is 18.1 Å². The van der Waals surface area contributed by atoms with E-state index in [1.807, 2.05) is 29.3 Å². The number of fused-ring (bicyclic) bond motifs is 1. The van der Waals surface area contributed by atoms with Gasteiger partial charge in [-0.25, -0.2) is 15.2 Å². The number of carbonyl (C=O) groups is 3. The van der Waals surface area contributed by atoms with Gasteiger partial charge in [0.05, 0.1) is 24.9 Å². The molecule has 2 aliphatic rings. The number of hydrogen-bond donors (Lipinski definition) is 4. The highest BCUT2D eigenvalue weighted by Crippen LogP contribution is 2.37. The third-order valence-corrected chi connectivity index (χ3v) is 9.20. The SMILES string of the molecule is CC1CC(=O)Oc2cc(O)c(/C=N/NC(=O)CN3CCN(Cc4csc(-c5ccc(NC(=O)Nc6cccc(OC(F)(F)F)c6)cc5)n4)CC3)cc21. The highest BCUT2D eigenvalue weighted by atomic mass is 32.1. The molecule has 1 unspecified atom stereocenters. The molecule has 272 valence electrons. The lowest BCUT2D eigenvalue weighted by molar-refractivity contribution is -0.274. The number of aromatic hydroxyl groups is 1. The van der Waals surface area contributed by atoms with Crippen LogP contribution in [0.2, 0.25) is 0 Å². The number of phenolic OH excluding ortho intramolecular Hbond substituents is 1. The van der Waals surface area contributed by atoms with E-state index in [0.29, 0.717) is 36.6 Å². The number of nitrogens with one attached hydrogen (secondary N) is 3. The van der Waals surface area contributed by atoms with Gasteiger partial charge in [-0.2, -0.15) is 5.10 Å². The highest BCUT2D eigenvalue weighted by molar-refractivity contribution is 7.13. The molecule has 3 amide bonds. The molecule has 1 atom stereocenters. The van der Waals surface area contributed by atoms with Crippen LogP contribution >= 0.6 is 11.3 Å². The summed E-state index contributed by atoms with van der Waals surface area (Å²) in [6.45, 7) is 5.59. The molecule has 0 saturated carbocycles. The molecule has 1 fully saturated rings. The Hall–Kier alpha value is -5.52. The lowest BCUT2D eigenvalue weighted by atomic mass is 9.93. The Balaban J connectivity index is 0.922. The van der Waals surface area contributed by atoms with Crippen LogP contribution in [0.3, 0.4) is 0 Å². The number of halogens is 3. The average Bonchev–Trinajstić information content (AvgIpc) is 3.54. The molecule has 52 heavy (non-hydrogen) atoms. The molecular formula is C35H34F3N7O6S. The van der Waals surface area contributed by atoms with Crippen LogP contribution in [0, 0.1) is 0 Å². The van der Waals surface area contributed by atoms with Crippen LogP contribution in [-0.4, -0.2) is 83.1 Å². The quantitative estimate of drug-likeness (QED) is 0.0690. The second-order valence-electron chi connectivity index (χ2n) is 12.2. The first kappa shape index (κ1) is 36.3. The Labute approximate surface area is 300 Å². The van der Waals surface area contributed by atoms with E-state index in [1.54, 1.807) is 18.2 Å². The van der Waals surface area contributed by atoms with Gasteiger partial charge in [0.15, 0.2) is 0 Å². The number of ether oxygens (including phenoxy) is 2. The van der Waals surface area contributed by atoms with E-state index >= 15 is 0 Å². The third kappa shape index (κ3) is 9.83. The maximum atomic E-state index is 12.5. The third-order valence-electron chi connectivity index (χ3n) is 8.26. The van der Waals surface area contributed by atoms with Crippen LogP contribution in [0.5, 0.6) is 17.2 Å². The van der Waals surface area contributed by atoms with Crippen molar-refractivity contribution < 1.29 is 42.1 Å². The molecule has 3 heterocycles. The summed E-state index contributed by atoms with van der Waals surface area (Å²) in [5.74, 6) is -0.897. The fourth-order valence-corrected chi connectivity index (χ4v) is 6.54. The van der Waals surface area contributed by atoms with Crippen molar-refractivity contribution in [3.63, 3.8) is 0 Å². The molecule has 1 aromatic heterocycles. The first-order valence-corrected chi connectivity index (χ1v) is 17.1. The summed E-state index contributed by atoms with van der Waals surface area (Å²) in [5.41, 5.74) is 6.11. The Morgan fingerprint density at radius 2 is 1.79 bits per heavy atom. The first-order valence-electron chi connectivity index (χ1n) is 16.2. The number of piperazine rings is 1. The highest BCUT2D eigenvalue weighted by Gasteiger charge is 2.31. The van der Waals surface area contributed by atoms with E-state index in [2.05, 4.69) is 30.8 Å². The van der Waals surface area contributed by atoms with E-state index in [-0.39, 0.29) is 42.2 Å². The lowest BCUT2D eigenvalue weighted by Crippen LogP contribution is -2.48. The first-order chi connectivity index (χ1) is 24.9. The molecule has 1 saturated heterocycles. The van der Waals surface area contributed by atoms with Gasteiger partial charge < -0.3 is 25.2 Å². The van der Waals surface area contributed by atoms with Crippen molar-refractivity contribution >= 4 is 46.8 Å². The molecule has 13 nitrogen and oxygen atoms in total. The second-order valence-corrected chi connectivity index (χ2v) is 13.1. The topological polar surface area (TPSA) is 158 Å². The monoisotopic (exact) mass is 737 g/mol. The van der Waals surface area contributed by atoms with Gasteiger partial charge in [0.1, 0.15) is 22.3 Å². The van der Waals surface area contributed by atoms with Gasteiger partial charge in [-0.15, -0.1) is 24.5 Å². The summed E-state index contributed by atoms with van der Waals surface area (Å²) in [6, 6.07) is 14.5. The second kappa shape index (κ2) is 15.8. The minimum absolute atomic E-state index is 0.0589. The predicted molar refractivity (Wildman–Crippen MR) is 188 cm³/mol. The van der Waals surface area contributed by atoms with Crippen molar-refractivity contribution in [1.82, 2.24) is 20.2 Å². The Morgan fingerprint density at radius 3 is 2.54 bits per heavy atom. The van der Waals surface area contributed by atoms with Gasteiger partial charge in [0, 0.05) is 72.7 Å². The molecule has 4 aromatic rings. The predicted octanol–water partition coefficient (Wildman–Crippen LogP) is 5.74. The maximum absolute atomic E-state index is 12.5. The lowest BCUT2D eigenvalue weighted by Gasteiger charge is -2.33. The number of hydrazone groups is 1. The van der Waals surface area contributed by atoms with Gasteiger partial charge in [0.2, 0.25) is 0 Å². The summed E-state index contributed by atoms with van der Waals surface area (Å²) in [5, 5.41) is 22.3. The van der Waals surface area contributed by atoms with Crippen molar-refractivity contribution in [3.8, 4) is 27.8 Å². The molecule has 4 N–H and O–H groups in total. The van der Waals surface area contributed by atoms with Gasteiger partial charge >= 0.3 is 18.4 Å². The zero-order chi connectivity index (χ0) is 36.8. The van der Waals surface area contributed by atoms with Crippen LogP contribution < -0.4 is 25.5 Å². The number of anilines is 2. The van der Waals surface area contributed by atoms with Crippen LogP contribution in [0.4, 0.5) is 29.3 Å². The molecule has 6 rings (SSSR count). The number of nitrogens with zero attached hydrogens (tertiary/aromatic N) is 4. The fraction of sp³-hybridized carbons (Fsp3) is 0.286. The van der Waals surface area contributed by atoms with Crippen molar-refractivity contribution in [2.45, 2.75) is 32.2 Å². The van der Waals surface area contributed by atoms with Crippen LogP contribution in [0.1, 0.15) is 36.1 Å². The zero-order valence-electron chi connectivity index (χ0n) is 27.8. The van der Waals surface area contributed by atoms with Gasteiger partial charge in [-0.3, -0.25) is 19.4 Å². The van der Waals surface area contributed by atoms with Gasteiger partial charge in [-0.05, 0) is 53.9 Å². The standard InChI is InChI=1S/C35H34F3N7O6S/c1-21-13-32(48)50-30-16-29(46)23(14-28(21)30)17-39-43-31(47)19-45-11-9-44(10-12-45)18-26-20-52-33(40-26)22-5-7-24(8-6-22)41-34(49)42-25-3-2-4-27(15-25)51-35(36,37)38/h2-8,14-17,20-21,46H,9-13,18-19H2,1H3,(H,43,47)(H2,41,42,49)/b39-17+. The smallest absolute Gasteiger partial charge is 0.507 e. The Morgan fingerprint density at radius 1 is 1.06 bits per heavy atom. The average molecular weight is 738 g/mol. The van der Waals surface area contributed by atoms with Crippen molar-refractivity contribution in [3.05, 3.63) is 82.9 Å². The fourth-order valence-electron chi connectivity index (χ4n) is 5.72. The Bertz CT molecular complexity index is 1960. The van der Waals surface area contributed by atoms with Crippen molar-refractivity contribution in [2.24, 2.45) is 5.10 Å². The number of rotatable bonds is 10. The number of amides is 3. The largest absolute Gasteiger partial charge is 0.573 e. The number of benzene rings is 3. The molecule has 0 radical (unpaired) electrons. The van der Waals surface area contributed by atoms with Crippen LogP contribution in [0.25, 0.3) is 10.6 Å². The Kier molecular flexibility index (Phi) is 11.0. The zero-order valence-corrected chi connectivity index (χ0v) is 28.6. The number of alkyl halides is 3. The molecule has 0 spiro atoms. The molecular weight excluding hydrogens is 703 g/mol. The summed E-state index contributed by atoms with van der Waals surface area (Å²) in [6.07, 6.45) is -3.22. The van der Waals surface area contributed by atoms with Crippen LogP contribution in [-0.2, 0) is 16.1 Å². The summed E-state index contributed by atoms with van der Waals surface area (Å²) < 4.78 is 46.6. The molecule has 2 aliphatic heterocycles. The van der Waals surface area contributed by atoms with Crippen molar-refractivity contribution in [2.75, 3.05) is 43.4 Å². The van der Waals surface area contributed by atoms with Gasteiger partial charge in [0.25, 0.3) is 5.91 Å². The minimum Gasteiger partial charge on any atom is -0.507 e. The van der Waals surface area contributed by atoms with E-state index in [4.69, 9.17) is 9.72 Å². The number of urea groups is 1. The number of thiazole rings is 1. The molecule has 17 heteroatoms. The molecule has 3 aromatic carbocycles. The molecule has 0 bridgehead atoms. The number of esters is 1. The van der Waals surface area contributed by atoms with Gasteiger partial charge in [-0.1, -0.05) is 13.0 Å².